The Kier molecular flexibility index (Phi) is 11.4. The van der Waals surface area contributed by atoms with E-state index in [4.69, 9.17) is 0 Å². The van der Waals surface area contributed by atoms with Gasteiger partial charge in [0.1, 0.15) is 13.1 Å². The van der Waals surface area contributed by atoms with Crippen LogP contribution in [0.3, 0.4) is 0 Å². The van der Waals surface area contributed by atoms with Gasteiger partial charge in [0.2, 0.25) is 11.6 Å². The minimum absolute atomic E-state index is 0.198. The van der Waals surface area contributed by atoms with Crippen LogP contribution in [0, 0.1) is 0 Å². The van der Waals surface area contributed by atoms with Crippen LogP contribution in [0.2, 0.25) is 0 Å². The Hall–Kier alpha value is -3.08. The minimum atomic E-state index is 0.198. The molecule has 3 rings (SSSR count). The summed E-state index contributed by atoms with van der Waals surface area (Å²) in [4.78, 5) is 25.8. The standard InChI is InChI=1S/C36H50N2O2/c1-7-9-11-25-37(3,4)27-35(39)33-21-17-31(18-22-33)29-13-15-30(16-14-29)32-19-23-34(24-20-32)36(40)28-38(5,6)26-12-10-8-2/h13-24H,7-12,25-28H2,1-6H3/q+2. The number of ketones is 2. The van der Waals surface area contributed by atoms with Gasteiger partial charge in [0.05, 0.1) is 41.3 Å². The number of quaternary nitrogens is 2. The number of benzene rings is 3. The van der Waals surface area contributed by atoms with Crippen LogP contribution in [0.4, 0.5) is 0 Å². The van der Waals surface area contributed by atoms with E-state index in [1.807, 2.05) is 48.5 Å². The molecule has 0 saturated carbocycles. The summed E-state index contributed by atoms with van der Waals surface area (Å²) in [6.45, 7) is 7.52. The van der Waals surface area contributed by atoms with Gasteiger partial charge < -0.3 is 8.97 Å². The van der Waals surface area contributed by atoms with Crippen molar-refractivity contribution >= 4 is 11.6 Å². The zero-order valence-corrected chi connectivity index (χ0v) is 25.7. The molecule has 4 heteroatoms. The second kappa shape index (κ2) is 14.5. The first-order valence-electron chi connectivity index (χ1n) is 15.0. The molecule has 3 aromatic carbocycles. The van der Waals surface area contributed by atoms with Crippen molar-refractivity contribution in [2.24, 2.45) is 0 Å². The first kappa shape index (κ1) is 31.4. The summed E-state index contributed by atoms with van der Waals surface area (Å²) in [5.41, 5.74) is 5.99. The highest BCUT2D eigenvalue weighted by molar-refractivity contribution is 5.98. The largest absolute Gasteiger partial charge is 0.322 e. The smallest absolute Gasteiger partial charge is 0.216 e. The number of likely N-dealkylation sites (N-methyl/N-ethyl adjacent to an activating group) is 2. The van der Waals surface area contributed by atoms with E-state index >= 15 is 0 Å². The van der Waals surface area contributed by atoms with Crippen LogP contribution in [-0.4, -0.2) is 74.9 Å². The van der Waals surface area contributed by atoms with Gasteiger partial charge in [-0.05, 0) is 47.9 Å². The molecular formula is C36H50N2O2+2. The van der Waals surface area contributed by atoms with Gasteiger partial charge in [-0.2, -0.15) is 0 Å². The number of nitrogens with zero attached hydrogens (tertiary/aromatic N) is 2. The molecule has 0 atom stereocenters. The summed E-state index contributed by atoms with van der Waals surface area (Å²) < 4.78 is 1.46. The molecule has 0 fully saturated rings. The van der Waals surface area contributed by atoms with Gasteiger partial charge in [0.15, 0.2) is 0 Å². The highest BCUT2D eigenvalue weighted by atomic mass is 16.1. The maximum absolute atomic E-state index is 12.9. The molecule has 0 spiro atoms. The molecule has 3 aromatic rings. The normalized spacial score (nSPS) is 11.9. The predicted octanol–water partition coefficient (Wildman–Crippen LogP) is 7.92. The number of hydrogen-bond acceptors (Lipinski definition) is 2. The van der Waals surface area contributed by atoms with Gasteiger partial charge in [-0.15, -0.1) is 0 Å². The molecule has 0 bridgehead atoms. The van der Waals surface area contributed by atoms with Crippen LogP contribution < -0.4 is 0 Å². The first-order chi connectivity index (χ1) is 19.0. The number of Topliss-reactive ketones (excluding diaryl/α,β-unsaturated/α-hetero) is 2. The van der Waals surface area contributed by atoms with Crippen molar-refractivity contribution in [1.82, 2.24) is 0 Å². The average molecular weight is 543 g/mol. The zero-order chi connectivity index (χ0) is 29.2. The Morgan fingerprint density at radius 2 is 0.750 bits per heavy atom. The summed E-state index contributed by atoms with van der Waals surface area (Å²) in [6.07, 6.45) is 7.13. The van der Waals surface area contributed by atoms with Crippen molar-refractivity contribution in [1.29, 1.82) is 0 Å². The Morgan fingerprint density at radius 1 is 0.475 bits per heavy atom. The molecule has 214 valence electrons. The van der Waals surface area contributed by atoms with E-state index < -0.39 is 0 Å². The third-order valence-corrected chi connectivity index (χ3v) is 7.84. The second-order valence-corrected chi connectivity index (χ2v) is 12.6. The average Bonchev–Trinajstić information content (AvgIpc) is 2.93. The van der Waals surface area contributed by atoms with Crippen LogP contribution in [0.1, 0.15) is 73.1 Å². The summed E-state index contributed by atoms with van der Waals surface area (Å²) in [5, 5.41) is 0. The highest BCUT2D eigenvalue weighted by Crippen LogP contribution is 2.26. The number of unbranched alkanes of at least 4 members (excludes halogenated alkanes) is 4. The Bertz CT molecular complexity index is 1120. The molecule has 0 aliphatic carbocycles. The van der Waals surface area contributed by atoms with E-state index in [0.717, 1.165) is 68.3 Å². The highest BCUT2D eigenvalue weighted by Gasteiger charge is 2.22. The maximum atomic E-state index is 12.9. The van der Waals surface area contributed by atoms with E-state index in [0.29, 0.717) is 13.1 Å². The molecule has 40 heavy (non-hydrogen) atoms. The number of rotatable bonds is 16. The molecule has 0 aliphatic rings. The van der Waals surface area contributed by atoms with Gasteiger partial charge >= 0.3 is 0 Å². The SMILES string of the molecule is CCCCC[N+](C)(C)CC(=O)c1ccc(-c2ccc(-c3ccc(C(=O)C[N+](C)(C)CCCCC)cc3)cc2)cc1. The van der Waals surface area contributed by atoms with E-state index in [-0.39, 0.29) is 11.6 Å². The third kappa shape index (κ3) is 9.53. The lowest BCUT2D eigenvalue weighted by Crippen LogP contribution is -2.44. The monoisotopic (exact) mass is 542 g/mol. The van der Waals surface area contributed by atoms with Gasteiger partial charge in [0, 0.05) is 11.1 Å². The van der Waals surface area contributed by atoms with E-state index in [1.165, 1.54) is 25.7 Å². The fraction of sp³-hybridized carbons (Fsp3) is 0.444. The van der Waals surface area contributed by atoms with Gasteiger partial charge in [0.25, 0.3) is 0 Å². The number of carbonyl (C=O) groups is 2. The third-order valence-electron chi connectivity index (χ3n) is 7.84. The molecule has 0 saturated heterocycles. The maximum Gasteiger partial charge on any atom is 0.216 e. The van der Waals surface area contributed by atoms with Crippen LogP contribution >= 0.6 is 0 Å². The van der Waals surface area contributed by atoms with Crippen molar-refractivity contribution < 1.29 is 18.6 Å². The van der Waals surface area contributed by atoms with Crippen LogP contribution in [-0.2, 0) is 0 Å². The lowest BCUT2D eigenvalue weighted by molar-refractivity contribution is -0.882. The van der Waals surface area contributed by atoms with Crippen molar-refractivity contribution in [3.05, 3.63) is 83.9 Å². The first-order valence-corrected chi connectivity index (χ1v) is 15.0. The molecule has 0 heterocycles. The van der Waals surface area contributed by atoms with Gasteiger partial charge in [-0.1, -0.05) is 99.5 Å². The Balaban J connectivity index is 1.60. The Labute approximate surface area is 242 Å². The van der Waals surface area contributed by atoms with Gasteiger partial charge in [-0.25, -0.2) is 0 Å². The molecule has 0 unspecified atom stereocenters. The molecule has 0 amide bonds. The van der Waals surface area contributed by atoms with Crippen molar-refractivity contribution in [2.75, 3.05) is 54.4 Å². The number of carbonyl (C=O) groups excluding carboxylic acids is 2. The fourth-order valence-corrected chi connectivity index (χ4v) is 5.25. The summed E-state index contributed by atoms with van der Waals surface area (Å²) in [6, 6.07) is 24.5. The molecule has 0 N–H and O–H groups in total. The van der Waals surface area contributed by atoms with Crippen LogP contribution in [0.5, 0.6) is 0 Å². The molecule has 0 radical (unpaired) electrons. The quantitative estimate of drug-likeness (QED) is 0.105. The molecule has 0 aliphatic heterocycles. The van der Waals surface area contributed by atoms with Crippen LogP contribution in [0.25, 0.3) is 22.3 Å². The van der Waals surface area contributed by atoms with Crippen molar-refractivity contribution in [3.63, 3.8) is 0 Å². The molecular weight excluding hydrogens is 492 g/mol. The lowest BCUT2D eigenvalue weighted by Gasteiger charge is -2.29. The second-order valence-electron chi connectivity index (χ2n) is 12.6. The van der Waals surface area contributed by atoms with Crippen molar-refractivity contribution in [2.45, 2.75) is 52.4 Å². The van der Waals surface area contributed by atoms with E-state index in [1.54, 1.807) is 0 Å². The van der Waals surface area contributed by atoms with E-state index in [2.05, 4.69) is 66.3 Å². The summed E-state index contributed by atoms with van der Waals surface area (Å²) >= 11 is 0. The number of hydrogen-bond donors (Lipinski definition) is 0. The topological polar surface area (TPSA) is 34.1 Å². The zero-order valence-electron chi connectivity index (χ0n) is 25.7. The van der Waals surface area contributed by atoms with Crippen LogP contribution in [0.15, 0.2) is 72.8 Å². The minimum Gasteiger partial charge on any atom is -0.322 e. The van der Waals surface area contributed by atoms with Crippen molar-refractivity contribution in [3.8, 4) is 22.3 Å². The van der Waals surface area contributed by atoms with E-state index in [9.17, 15) is 9.59 Å². The van der Waals surface area contributed by atoms with Gasteiger partial charge in [-0.3, -0.25) is 9.59 Å². The summed E-state index contributed by atoms with van der Waals surface area (Å²) in [7, 11) is 8.57. The lowest BCUT2D eigenvalue weighted by atomic mass is 9.98. The summed E-state index contributed by atoms with van der Waals surface area (Å²) in [5.74, 6) is 0.397. The predicted molar refractivity (Wildman–Crippen MR) is 169 cm³/mol. The Morgan fingerprint density at radius 3 is 1.02 bits per heavy atom. The fourth-order valence-electron chi connectivity index (χ4n) is 5.25. The molecule has 0 aromatic heterocycles. The molecule has 4 nitrogen and oxygen atoms in total.